The second-order valence-electron chi connectivity index (χ2n) is 3.14. The molecule has 1 aromatic rings. The molecule has 0 fully saturated rings. The van der Waals surface area contributed by atoms with Gasteiger partial charge in [0, 0.05) is 10.9 Å². The van der Waals surface area contributed by atoms with Crippen LogP contribution >= 0.6 is 11.8 Å². The van der Waals surface area contributed by atoms with Crippen molar-refractivity contribution in [2.45, 2.75) is 30.7 Å². The first-order chi connectivity index (χ1) is 6.29. The molecule has 0 saturated carbocycles. The molecule has 0 aliphatic heterocycles. The van der Waals surface area contributed by atoms with E-state index in [2.05, 4.69) is 37.4 Å². The average Bonchev–Trinajstić information content (AvgIpc) is 2.18. The second kappa shape index (κ2) is 5.30. The first-order valence-electron chi connectivity index (χ1n) is 4.68. The third-order valence-corrected chi connectivity index (χ3v) is 2.95. The van der Waals surface area contributed by atoms with Crippen LogP contribution in [-0.4, -0.2) is 6.26 Å². The summed E-state index contributed by atoms with van der Waals surface area (Å²) in [6.45, 7) is 2.17. The van der Waals surface area contributed by atoms with Crippen LogP contribution in [0, 0.1) is 0 Å². The molecule has 0 aliphatic rings. The van der Waals surface area contributed by atoms with Crippen molar-refractivity contribution in [3.63, 3.8) is 0 Å². The van der Waals surface area contributed by atoms with Crippen LogP contribution in [0.4, 0.5) is 0 Å². The first-order valence-corrected chi connectivity index (χ1v) is 5.90. The Labute approximate surface area is 84.7 Å². The SMILES string of the molecule is CCC[C@@H](N)c1ccccc1SC. The Morgan fingerprint density at radius 2 is 2.08 bits per heavy atom. The second-order valence-corrected chi connectivity index (χ2v) is 3.99. The van der Waals surface area contributed by atoms with Gasteiger partial charge in [0.15, 0.2) is 0 Å². The summed E-state index contributed by atoms with van der Waals surface area (Å²) in [5.74, 6) is 0. The number of rotatable bonds is 4. The van der Waals surface area contributed by atoms with Crippen LogP contribution in [0.25, 0.3) is 0 Å². The van der Waals surface area contributed by atoms with Crippen LogP contribution in [0.2, 0.25) is 0 Å². The predicted octanol–water partition coefficient (Wildman–Crippen LogP) is 3.21. The molecule has 0 amide bonds. The van der Waals surface area contributed by atoms with Gasteiger partial charge in [-0.25, -0.2) is 0 Å². The lowest BCUT2D eigenvalue weighted by Gasteiger charge is -2.13. The molecule has 1 atom stereocenters. The number of thioether (sulfide) groups is 1. The van der Waals surface area contributed by atoms with Gasteiger partial charge in [-0.1, -0.05) is 31.5 Å². The third-order valence-electron chi connectivity index (χ3n) is 2.14. The number of hydrogen-bond donors (Lipinski definition) is 1. The molecule has 2 N–H and O–H groups in total. The van der Waals surface area contributed by atoms with Crippen LogP contribution in [-0.2, 0) is 0 Å². The Morgan fingerprint density at radius 3 is 2.69 bits per heavy atom. The molecule has 0 aliphatic carbocycles. The Balaban J connectivity index is 2.85. The van der Waals surface area contributed by atoms with E-state index in [4.69, 9.17) is 5.73 Å². The first kappa shape index (κ1) is 10.6. The molecule has 1 aromatic carbocycles. The molecule has 0 saturated heterocycles. The smallest absolute Gasteiger partial charge is 0.0305 e. The van der Waals surface area contributed by atoms with Crippen molar-refractivity contribution >= 4 is 11.8 Å². The van der Waals surface area contributed by atoms with Crippen molar-refractivity contribution in [2.24, 2.45) is 5.73 Å². The fraction of sp³-hybridized carbons (Fsp3) is 0.455. The maximum Gasteiger partial charge on any atom is 0.0305 e. The third kappa shape index (κ3) is 2.75. The Bertz CT molecular complexity index is 260. The highest BCUT2D eigenvalue weighted by atomic mass is 32.2. The zero-order chi connectivity index (χ0) is 9.68. The summed E-state index contributed by atoms with van der Waals surface area (Å²) in [4.78, 5) is 1.31. The maximum absolute atomic E-state index is 6.07. The molecule has 2 heteroatoms. The van der Waals surface area contributed by atoms with E-state index >= 15 is 0 Å². The van der Waals surface area contributed by atoms with Gasteiger partial charge < -0.3 is 5.73 Å². The van der Waals surface area contributed by atoms with Crippen LogP contribution in [0.1, 0.15) is 31.4 Å². The minimum absolute atomic E-state index is 0.202. The summed E-state index contributed by atoms with van der Waals surface area (Å²) in [6, 6.07) is 8.59. The van der Waals surface area contributed by atoms with Crippen LogP contribution < -0.4 is 5.73 Å². The molecule has 1 nitrogen and oxygen atoms in total. The maximum atomic E-state index is 6.07. The predicted molar refractivity (Wildman–Crippen MR) is 60.1 cm³/mol. The highest BCUT2D eigenvalue weighted by Gasteiger charge is 2.08. The van der Waals surface area contributed by atoms with Gasteiger partial charge in [0.1, 0.15) is 0 Å². The summed E-state index contributed by atoms with van der Waals surface area (Å²) in [6.07, 6.45) is 4.30. The van der Waals surface area contributed by atoms with Crippen molar-refractivity contribution in [1.29, 1.82) is 0 Å². The normalized spacial score (nSPS) is 12.8. The average molecular weight is 195 g/mol. The summed E-state index contributed by atoms with van der Waals surface area (Å²) < 4.78 is 0. The van der Waals surface area contributed by atoms with Crippen molar-refractivity contribution in [3.05, 3.63) is 29.8 Å². The summed E-state index contributed by atoms with van der Waals surface area (Å²) >= 11 is 1.77. The molecular weight excluding hydrogens is 178 g/mol. The molecule has 72 valence electrons. The zero-order valence-corrected chi connectivity index (χ0v) is 9.10. The molecule has 13 heavy (non-hydrogen) atoms. The van der Waals surface area contributed by atoms with E-state index in [1.165, 1.54) is 10.5 Å². The van der Waals surface area contributed by atoms with Gasteiger partial charge in [0.25, 0.3) is 0 Å². The Morgan fingerprint density at radius 1 is 1.38 bits per heavy atom. The van der Waals surface area contributed by atoms with Crippen molar-refractivity contribution in [3.8, 4) is 0 Å². The summed E-state index contributed by atoms with van der Waals surface area (Å²) in [5, 5.41) is 0. The Hall–Kier alpha value is -0.470. The van der Waals surface area contributed by atoms with E-state index < -0.39 is 0 Å². The molecule has 0 unspecified atom stereocenters. The fourth-order valence-corrected chi connectivity index (χ4v) is 2.11. The van der Waals surface area contributed by atoms with Gasteiger partial charge >= 0.3 is 0 Å². The molecule has 0 bridgehead atoms. The largest absolute Gasteiger partial charge is 0.324 e. The van der Waals surface area contributed by atoms with Crippen LogP contribution in [0.15, 0.2) is 29.2 Å². The van der Waals surface area contributed by atoms with Gasteiger partial charge in [0.05, 0.1) is 0 Å². The van der Waals surface area contributed by atoms with E-state index in [0.29, 0.717) is 0 Å². The van der Waals surface area contributed by atoms with Gasteiger partial charge in [-0.2, -0.15) is 0 Å². The zero-order valence-electron chi connectivity index (χ0n) is 8.29. The molecular formula is C11H17NS. The fourth-order valence-electron chi connectivity index (χ4n) is 1.44. The Kier molecular flexibility index (Phi) is 4.33. The topological polar surface area (TPSA) is 26.0 Å². The number of hydrogen-bond acceptors (Lipinski definition) is 2. The van der Waals surface area contributed by atoms with Gasteiger partial charge in [-0.15, -0.1) is 11.8 Å². The van der Waals surface area contributed by atoms with Crippen molar-refractivity contribution in [1.82, 2.24) is 0 Å². The monoisotopic (exact) mass is 195 g/mol. The lowest BCUT2D eigenvalue weighted by Crippen LogP contribution is -2.10. The van der Waals surface area contributed by atoms with Crippen molar-refractivity contribution < 1.29 is 0 Å². The van der Waals surface area contributed by atoms with Gasteiger partial charge in [-0.05, 0) is 24.3 Å². The van der Waals surface area contributed by atoms with Gasteiger partial charge in [0.2, 0.25) is 0 Å². The van der Waals surface area contributed by atoms with E-state index in [1.54, 1.807) is 11.8 Å². The minimum Gasteiger partial charge on any atom is -0.324 e. The lowest BCUT2D eigenvalue weighted by molar-refractivity contribution is 0.629. The highest BCUT2D eigenvalue weighted by Crippen LogP contribution is 2.26. The molecule has 0 spiro atoms. The lowest BCUT2D eigenvalue weighted by atomic mass is 10.0. The summed E-state index contributed by atoms with van der Waals surface area (Å²) in [7, 11) is 0. The molecule has 0 aromatic heterocycles. The minimum atomic E-state index is 0.202. The van der Waals surface area contributed by atoms with Crippen molar-refractivity contribution in [2.75, 3.05) is 6.26 Å². The van der Waals surface area contributed by atoms with Gasteiger partial charge in [-0.3, -0.25) is 0 Å². The molecule has 1 rings (SSSR count). The highest BCUT2D eigenvalue weighted by molar-refractivity contribution is 7.98. The molecule has 0 heterocycles. The summed E-state index contributed by atoms with van der Waals surface area (Å²) in [5.41, 5.74) is 7.36. The standard InChI is InChI=1S/C11H17NS/c1-3-6-10(12)9-7-4-5-8-11(9)13-2/h4-5,7-8,10H,3,6,12H2,1-2H3/t10-/m1/s1. The number of benzene rings is 1. The van der Waals surface area contributed by atoms with Crippen LogP contribution in [0.3, 0.4) is 0 Å². The van der Waals surface area contributed by atoms with E-state index in [1.807, 2.05) is 0 Å². The quantitative estimate of drug-likeness (QED) is 0.747. The van der Waals surface area contributed by atoms with Crippen LogP contribution in [0.5, 0.6) is 0 Å². The van der Waals surface area contributed by atoms with E-state index in [-0.39, 0.29) is 6.04 Å². The number of nitrogens with two attached hydrogens (primary N) is 1. The molecule has 0 radical (unpaired) electrons. The van der Waals surface area contributed by atoms with E-state index in [0.717, 1.165) is 12.8 Å². The van der Waals surface area contributed by atoms with E-state index in [9.17, 15) is 0 Å².